The van der Waals surface area contributed by atoms with Crippen LogP contribution in [0.4, 0.5) is 0 Å². The van der Waals surface area contributed by atoms with E-state index >= 15 is 0 Å². The average molecular weight is 308 g/mol. The lowest BCUT2D eigenvalue weighted by Crippen LogP contribution is -2.03. The quantitative estimate of drug-likeness (QED) is 0.762. The highest BCUT2D eigenvalue weighted by atomic mass is 16.5. The highest BCUT2D eigenvalue weighted by Gasteiger charge is 2.23. The summed E-state index contributed by atoms with van der Waals surface area (Å²) in [7, 11) is 3.28. The smallest absolute Gasteiger partial charge is 0.189 e. The Morgan fingerprint density at radius 2 is 1.39 bits per heavy atom. The van der Waals surface area contributed by atoms with Crippen molar-refractivity contribution in [2.24, 2.45) is 0 Å². The summed E-state index contributed by atoms with van der Waals surface area (Å²) in [5.41, 5.74) is 3.92. The third-order valence-electron chi connectivity index (χ3n) is 4.28. The van der Waals surface area contributed by atoms with Crippen LogP contribution in [0.3, 0.4) is 0 Å². The molecule has 0 radical (unpaired) electrons. The number of benzene rings is 2. The number of hydrogen-bond donors (Lipinski definition) is 0. The van der Waals surface area contributed by atoms with Gasteiger partial charge in [-0.3, -0.25) is 4.79 Å². The van der Waals surface area contributed by atoms with E-state index in [1.165, 1.54) is 0 Å². The summed E-state index contributed by atoms with van der Waals surface area (Å²) in [6.07, 6.45) is 2.81. The summed E-state index contributed by atoms with van der Waals surface area (Å²) in [6, 6.07) is 15.3. The second kappa shape index (κ2) is 6.69. The minimum Gasteiger partial charge on any atom is -0.497 e. The summed E-state index contributed by atoms with van der Waals surface area (Å²) in [6.45, 7) is 0. The number of rotatable bonds is 5. The van der Waals surface area contributed by atoms with Gasteiger partial charge in [0.1, 0.15) is 11.5 Å². The van der Waals surface area contributed by atoms with Gasteiger partial charge in [-0.2, -0.15) is 0 Å². The van der Waals surface area contributed by atoms with Gasteiger partial charge in [0.2, 0.25) is 0 Å². The molecular formula is C20H20O3. The van der Waals surface area contributed by atoms with Gasteiger partial charge in [0.15, 0.2) is 5.78 Å². The summed E-state index contributed by atoms with van der Waals surface area (Å²) in [5, 5.41) is 0. The largest absolute Gasteiger partial charge is 0.497 e. The van der Waals surface area contributed by atoms with Gasteiger partial charge in [-0.1, -0.05) is 12.1 Å². The normalized spacial score (nSPS) is 14.0. The molecule has 0 amide bonds. The van der Waals surface area contributed by atoms with Gasteiger partial charge in [0.05, 0.1) is 14.2 Å². The van der Waals surface area contributed by atoms with Crippen LogP contribution >= 0.6 is 0 Å². The molecule has 1 aliphatic rings. The zero-order valence-electron chi connectivity index (χ0n) is 13.5. The molecule has 3 nitrogen and oxygen atoms in total. The van der Waals surface area contributed by atoms with Crippen molar-refractivity contribution in [3.05, 3.63) is 65.2 Å². The zero-order chi connectivity index (χ0) is 16.2. The molecule has 118 valence electrons. The zero-order valence-corrected chi connectivity index (χ0v) is 13.5. The molecule has 0 heterocycles. The molecule has 0 aliphatic heterocycles. The number of carbonyl (C=O) groups excluding carboxylic acids is 1. The molecule has 0 aromatic heterocycles. The van der Waals surface area contributed by atoms with Crippen molar-refractivity contribution in [2.75, 3.05) is 14.2 Å². The highest BCUT2D eigenvalue weighted by molar-refractivity contribution is 6.13. The van der Waals surface area contributed by atoms with Crippen molar-refractivity contribution in [3.8, 4) is 11.5 Å². The van der Waals surface area contributed by atoms with Crippen molar-refractivity contribution in [1.29, 1.82) is 0 Å². The minimum absolute atomic E-state index is 0.121. The molecule has 0 bridgehead atoms. The number of Topliss-reactive ketones (excluding diaryl/α,β-unsaturated/α-hetero) is 1. The van der Waals surface area contributed by atoms with Gasteiger partial charge < -0.3 is 9.47 Å². The Kier molecular flexibility index (Phi) is 4.47. The fourth-order valence-corrected chi connectivity index (χ4v) is 3.02. The van der Waals surface area contributed by atoms with Gasteiger partial charge in [0.25, 0.3) is 0 Å². The molecule has 3 rings (SSSR count). The van der Waals surface area contributed by atoms with E-state index in [0.29, 0.717) is 5.56 Å². The van der Waals surface area contributed by atoms with Crippen LogP contribution in [-0.4, -0.2) is 20.0 Å². The van der Waals surface area contributed by atoms with Gasteiger partial charge in [-0.05, 0) is 66.8 Å². The Morgan fingerprint density at radius 3 is 1.96 bits per heavy atom. The van der Waals surface area contributed by atoms with Crippen LogP contribution < -0.4 is 9.47 Å². The second-order valence-electron chi connectivity index (χ2n) is 5.60. The molecule has 0 fully saturated rings. The number of carbonyl (C=O) groups is 1. The molecule has 2 aromatic rings. The van der Waals surface area contributed by atoms with E-state index in [-0.39, 0.29) is 5.78 Å². The molecule has 0 saturated heterocycles. The topological polar surface area (TPSA) is 35.5 Å². The maximum Gasteiger partial charge on any atom is 0.189 e. The van der Waals surface area contributed by atoms with E-state index in [2.05, 4.69) is 0 Å². The predicted octanol–water partition coefficient (Wildman–Crippen LogP) is 4.52. The van der Waals surface area contributed by atoms with Crippen molar-refractivity contribution in [3.63, 3.8) is 0 Å². The Bertz CT molecular complexity index is 724. The standard InChI is InChI=1S/C20H20O3/c1-22-16-10-6-14(7-11-16)18-4-3-5-19(18)20(21)15-8-12-17(23-2)13-9-15/h6-13H,3-5H2,1-2H3. The van der Waals surface area contributed by atoms with Crippen molar-refractivity contribution < 1.29 is 14.3 Å². The molecule has 0 unspecified atom stereocenters. The van der Waals surface area contributed by atoms with Gasteiger partial charge in [0, 0.05) is 11.1 Å². The SMILES string of the molecule is COc1ccc(C(=O)C2=C(c3ccc(OC)cc3)CCC2)cc1. The van der Waals surface area contributed by atoms with E-state index in [1.807, 2.05) is 48.5 Å². The molecule has 2 aromatic carbocycles. The van der Waals surface area contributed by atoms with E-state index in [9.17, 15) is 4.79 Å². The number of ether oxygens (including phenoxy) is 2. The lowest BCUT2D eigenvalue weighted by molar-refractivity contribution is 0.103. The number of ketones is 1. The summed E-state index contributed by atoms with van der Waals surface area (Å²) < 4.78 is 10.4. The Morgan fingerprint density at radius 1 is 0.826 bits per heavy atom. The lowest BCUT2D eigenvalue weighted by Gasteiger charge is -2.09. The van der Waals surface area contributed by atoms with Gasteiger partial charge in [-0.25, -0.2) is 0 Å². The summed E-state index contributed by atoms with van der Waals surface area (Å²) in [5.74, 6) is 1.71. The van der Waals surface area contributed by atoms with Gasteiger partial charge >= 0.3 is 0 Å². The number of methoxy groups -OCH3 is 2. The highest BCUT2D eigenvalue weighted by Crippen LogP contribution is 2.36. The lowest BCUT2D eigenvalue weighted by atomic mass is 9.96. The first-order chi connectivity index (χ1) is 11.2. The van der Waals surface area contributed by atoms with Crippen LogP contribution in [0.2, 0.25) is 0 Å². The third kappa shape index (κ3) is 3.14. The predicted molar refractivity (Wildman–Crippen MR) is 91.1 cm³/mol. The molecular weight excluding hydrogens is 288 g/mol. The summed E-state index contributed by atoms with van der Waals surface area (Å²) >= 11 is 0. The Labute approximate surface area is 136 Å². The molecule has 0 N–H and O–H groups in total. The van der Waals surface area contributed by atoms with Crippen LogP contribution in [0.15, 0.2) is 54.1 Å². The maximum absolute atomic E-state index is 12.8. The van der Waals surface area contributed by atoms with Crippen LogP contribution in [0.25, 0.3) is 5.57 Å². The van der Waals surface area contributed by atoms with Gasteiger partial charge in [-0.15, -0.1) is 0 Å². The van der Waals surface area contributed by atoms with Crippen molar-refractivity contribution >= 4 is 11.4 Å². The van der Waals surface area contributed by atoms with Crippen LogP contribution in [0.1, 0.15) is 35.2 Å². The maximum atomic E-state index is 12.8. The molecule has 0 atom stereocenters. The minimum atomic E-state index is 0.121. The Balaban J connectivity index is 1.92. The third-order valence-corrected chi connectivity index (χ3v) is 4.28. The van der Waals surface area contributed by atoms with E-state index in [0.717, 1.165) is 47.5 Å². The van der Waals surface area contributed by atoms with Crippen molar-refractivity contribution in [1.82, 2.24) is 0 Å². The fourth-order valence-electron chi connectivity index (χ4n) is 3.02. The van der Waals surface area contributed by atoms with Crippen LogP contribution in [0.5, 0.6) is 11.5 Å². The van der Waals surface area contributed by atoms with E-state index < -0.39 is 0 Å². The first-order valence-corrected chi connectivity index (χ1v) is 7.78. The number of hydrogen-bond acceptors (Lipinski definition) is 3. The van der Waals surface area contributed by atoms with E-state index in [1.54, 1.807) is 14.2 Å². The van der Waals surface area contributed by atoms with Crippen LogP contribution in [-0.2, 0) is 0 Å². The molecule has 0 saturated carbocycles. The van der Waals surface area contributed by atoms with Crippen LogP contribution in [0, 0.1) is 0 Å². The van der Waals surface area contributed by atoms with E-state index in [4.69, 9.17) is 9.47 Å². The average Bonchev–Trinajstić information content (AvgIpc) is 3.11. The first kappa shape index (κ1) is 15.3. The molecule has 0 spiro atoms. The van der Waals surface area contributed by atoms with Crippen molar-refractivity contribution in [2.45, 2.75) is 19.3 Å². The first-order valence-electron chi connectivity index (χ1n) is 7.78. The number of allylic oxidation sites excluding steroid dienone is 2. The monoisotopic (exact) mass is 308 g/mol. The molecule has 3 heteroatoms. The summed E-state index contributed by atoms with van der Waals surface area (Å²) in [4.78, 5) is 12.8. The second-order valence-corrected chi connectivity index (χ2v) is 5.60. The Hall–Kier alpha value is -2.55. The molecule has 1 aliphatic carbocycles. The fraction of sp³-hybridized carbons (Fsp3) is 0.250. The molecule has 23 heavy (non-hydrogen) atoms.